The third kappa shape index (κ3) is 5.47. The molecule has 2 heterocycles. The van der Waals surface area contributed by atoms with Crippen molar-refractivity contribution in [2.75, 3.05) is 52.3 Å². The van der Waals surface area contributed by atoms with Gasteiger partial charge < -0.3 is 24.6 Å². The molecule has 0 spiro atoms. The molecule has 2 saturated heterocycles. The Hall–Kier alpha value is -1.06. The van der Waals surface area contributed by atoms with Crippen LogP contribution in [-0.4, -0.2) is 70.5 Å². The minimum Gasteiger partial charge on any atom is -0.378 e. The van der Waals surface area contributed by atoms with Crippen molar-refractivity contribution >= 4 is 35.6 Å². The average Bonchev–Trinajstić information content (AvgIpc) is 3.18. The normalized spacial score (nSPS) is 23.5. The molecule has 1 aromatic carbocycles. The monoisotopic (exact) mass is 474 g/mol. The van der Waals surface area contributed by atoms with E-state index >= 15 is 0 Å². The first kappa shape index (κ1) is 21.2. The minimum atomic E-state index is 0. The highest BCUT2D eigenvalue weighted by atomic mass is 127. The Morgan fingerprint density at radius 3 is 2.54 bits per heavy atom. The fourth-order valence-electron chi connectivity index (χ4n) is 3.41. The van der Waals surface area contributed by atoms with Crippen molar-refractivity contribution in [1.29, 1.82) is 0 Å². The molecule has 6 nitrogen and oxygen atoms in total. The Balaban J connectivity index is 0.00000243. The van der Waals surface area contributed by atoms with Crippen LogP contribution in [-0.2, 0) is 16.0 Å². The predicted octanol–water partition coefficient (Wildman–Crippen LogP) is 2.33. The summed E-state index contributed by atoms with van der Waals surface area (Å²) < 4.78 is 11.7. The highest BCUT2D eigenvalue weighted by molar-refractivity contribution is 14.0. The van der Waals surface area contributed by atoms with Gasteiger partial charge in [0.25, 0.3) is 0 Å². The number of benzene rings is 1. The van der Waals surface area contributed by atoms with Gasteiger partial charge in [-0.3, -0.25) is 4.99 Å². The molecule has 2 atom stereocenters. The molecule has 0 radical (unpaired) electrons. The van der Waals surface area contributed by atoms with E-state index in [0.29, 0.717) is 0 Å². The maximum Gasteiger partial charge on any atom is 0.194 e. The van der Waals surface area contributed by atoms with Gasteiger partial charge in [0.05, 0.1) is 12.7 Å². The van der Waals surface area contributed by atoms with Crippen molar-refractivity contribution < 1.29 is 9.47 Å². The zero-order valence-corrected chi connectivity index (χ0v) is 18.3. The standard InChI is InChI=1S/C19H30N4O2.HI/c1-20-19(21-13-15-6-8-16(9-7-15)22(2)3)23-10-12-25-18(14-23)17-5-4-11-24-17;/h6-9,17-18H,4-5,10-14H2,1-3H3,(H,20,21);1H. The van der Waals surface area contributed by atoms with Gasteiger partial charge in [-0.05, 0) is 30.5 Å². The SMILES string of the molecule is CN=C(NCc1ccc(N(C)C)cc1)N1CCOC(C2CCCO2)C1.I. The molecule has 1 N–H and O–H groups in total. The van der Waals surface area contributed by atoms with E-state index in [-0.39, 0.29) is 36.2 Å². The topological polar surface area (TPSA) is 49.3 Å². The van der Waals surface area contributed by atoms with Crippen molar-refractivity contribution in [3.63, 3.8) is 0 Å². The van der Waals surface area contributed by atoms with E-state index in [1.807, 2.05) is 7.05 Å². The van der Waals surface area contributed by atoms with Crippen molar-refractivity contribution in [1.82, 2.24) is 10.2 Å². The predicted molar refractivity (Wildman–Crippen MR) is 117 cm³/mol. The molecule has 0 amide bonds. The molecule has 146 valence electrons. The Kier molecular flexibility index (Phi) is 8.43. The first-order valence-electron chi connectivity index (χ1n) is 9.12. The maximum atomic E-state index is 5.93. The third-order valence-electron chi connectivity index (χ3n) is 4.89. The van der Waals surface area contributed by atoms with E-state index in [2.05, 4.69) is 58.5 Å². The molecule has 0 saturated carbocycles. The Labute approximate surface area is 173 Å². The van der Waals surface area contributed by atoms with Gasteiger partial charge in [-0.1, -0.05) is 12.1 Å². The molecule has 2 aliphatic heterocycles. The zero-order valence-electron chi connectivity index (χ0n) is 16.0. The van der Waals surface area contributed by atoms with Crippen LogP contribution >= 0.6 is 24.0 Å². The van der Waals surface area contributed by atoms with Gasteiger partial charge >= 0.3 is 0 Å². The number of rotatable bonds is 4. The first-order valence-corrected chi connectivity index (χ1v) is 9.12. The van der Waals surface area contributed by atoms with Crippen molar-refractivity contribution in [2.24, 2.45) is 4.99 Å². The number of morpholine rings is 1. The average molecular weight is 474 g/mol. The number of nitrogens with zero attached hydrogens (tertiary/aromatic N) is 3. The minimum absolute atomic E-state index is 0. The van der Waals surface area contributed by atoms with Crippen LogP contribution in [0.5, 0.6) is 0 Å². The number of ether oxygens (including phenoxy) is 2. The molecule has 3 rings (SSSR count). The molecule has 0 bridgehead atoms. The highest BCUT2D eigenvalue weighted by Gasteiger charge is 2.32. The molecule has 2 unspecified atom stereocenters. The molecule has 2 aliphatic rings. The van der Waals surface area contributed by atoms with Crippen LogP contribution in [0.3, 0.4) is 0 Å². The largest absolute Gasteiger partial charge is 0.378 e. The molecule has 7 heteroatoms. The molecule has 1 aromatic rings. The van der Waals surface area contributed by atoms with E-state index in [1.165, 1.54) is 11.3 Å². The van der Waals surface area contributed by atoms with E-state index in [9.17, 15) is 0 Å². The number of anilines is 1. The van der Waals surface area contributed by atoms with E-state index in [4.69, 9.17) is 9.47 Å². The Bertz CT molecular complexity index is 573. The number of nitrogens with one attached hydrogen (secondary N) is 1. The Morgan fingerprint density at radius 2 is 1.92 bits per heavy atom. The van der Waals surface area contributed by atoms with Gasteiger partial charge in [-0.25, -0.2) is 0 Å². The van der Waals surface area contributed by atoms with E-state index in [1.54, 1.807) is 0 Å². The zero-order chi connectivity index (χ0) is 17.6. The van der Waals surface area contributed by atoms with E-state index < -0.39 is 0 Å². The van der Waals surface area contributed by atoms with Crippen LogP contribution in [0.2, 0.25) is 0 Å². The molecule has 0 aromatic heterocycles. The van der Waals surface area contributed by atoms with Gasteiger partial charge in [0, 0.05) is 53.1 Å². The van der Waals surface area contributed by atoms with Gasteiger partial charge in [-0.2, -0.15) is 0 Å². The van der Waals surface area contributed by atoms with E-state index in [0.717, 1.165) is 51.6 Å². The summed E-state index contributed by atoms with van der Waals surface area (Å²) in [6.45, 7) is 4.05. The fraction of sp³-hybridized carbons (Fsp3) is 0.632. The van der Waals surface area contributed by atoms with Gasteiger partial charge in [0.15, 0.2) is 5.96 Å². The quantitative estimate of drug-likeness (QED) is 0.413. The number of guanidine groups is 1. The summed E-state index contributed by atoms with van der Waals surface area (Å²) in [6.07, 6.45) is 2.62. The lowest BCUT2D eigenvalue weighted by atomic mass is 10.1. The Morgan fingerprint density at radius 1 is 1.19 bits per heavy atom. The second-order valence-electron chi connectivity index (χ2n) is 6.87. The highest BCUT2D eigenvalue weighted by Crippen LogP contribution is 2.21. The van der Waals surface area contributed by atoms with Gasteiger partial charge in [0.1, 0.15) is 6.10 Å². The summed E-state index contributed by atoms with van der Waals surface area (Å²) in [5.41, 5.74) is 2.46. The van der Waals surface area contributed by atoms with Gasteiger partial charge in [-0.15, -0.1) is 24.0 Å². The fourth-order valence-corrected chi connectivity index (χ4v) is 3.41. The summed E-state index contributed by atoms with van der Waals surface area (Å²) in [4.78, 5) is 8.85. The second kappa shape index (κ2) is 10.3. The number of halogens is 1. The number of aliphatic imine (C=N–C) groups is 1. The molecule has 2 fully saturated rings. The lowest BCUT2D eigenvalue weighted by molar-refractivity contribution is -0.0817. The summed E-state index contributed by atoms with van der Waals surface area (Å²) in [5, 5.41) is 3.48. The van der Waals surface area contributed by atoms with Gasteiger partial charge in [0.2, 0.25) is 0 Å². The van der Waals surface area contributed by atoms with Crippen molar-refractivity contribution in [2.45, 2.75) is 31.6 Å². The maximum absolute atomic E-state index is 5.93. The summed E-state index contributed by atoms with van der Waals surface area (Å²) >= 11 is 0. The number of hydrogen-bond donors (Lipinski definition) is 1. The van der Waals surface area contributed by atoms with Crippen LogP contribution in [0.25, 0.3) is 0 Å². The van der Waals surface area contributed by atoms with Crippen LogP contribution in [0.4, 0.5) is 5.69 Å². The van der Waals surface area contributed by atoms with Crippen LogP contribution in [0.15, 0.2) is 29.3 Å². The summed E-state index contributed by atoms with van der Waals surface area (Å²) in [7, 11) is 5.95. The third-order valence-corrected chi connectivity index (χ3v) is 4.89. The summed E-state index contributed by atoms with van der Waals surface area (Å²) in [5.74, 6) is 0.933. The van der Waals surface area contributed by atoms with Crippen LogP contribution in [0.1, 0.15) is 18.4 Å². The second-order valence-corrected chi connectivity index (χ2v) is 6.87. The van der Waals surface area contributed by atoms with Crippen LogP contribution in [0, 0.1) is 0 Å². The van der Waals surface area contributed by atoms with Crippen LogP contribution < -0.4 is 10.2 Å². The smallest absolute Gasteiger partial charge is 0.194 e. The lowest BCUT2D eigenvalue weighted by Gasteiger charge is -2.37. The molecular formula is C19H31IN4O2. The molecule has 0 aliphatic carbocycles. The lowest BCUT2D eigenvalue weighted by Crippen LogP contribution is -2.53. The first-order chi connectivity index (χ1) is 12.2. The summed E-state index contributed by atoms with van der Waals surface area (Å²) in [6, 6.07) is 8.60. The van der Waals surface area contributed by atoms with Crippen molar-refractivity contribution in [3.8, 4) is 0 Å². The molecular weight excluding hydrogens is 443 g/mol. The number of hydrogen-bond acceptors (Lipinski definition) is 4. The van der Waals surface area contributed by atoms with Crippen molar-refractivity contribution in [3.05, 3.63) is 29.8 Å². The molecule has 26 heavy (non-hydrogen) atoms.